The van der Waals surface area contributed by atoms with E-state index in [1.165, 1.54) is 9.70 Å². The largest absolute Gasteiger partial charge is 0.479 e. The second-order valence-corrected chi connectivity index (χ2v) is 13.6. The van der Waals surface area contributed by atoms with Gasteiger partial charge in [0.25, 0.3) is 0 Å². The van der Waals surface area contributed by atoms with Gasteiger partial charge in [-0.3, -0.25) is 9.59 Å². The van der Waals surface area contributed by atoms with Crippen molar-refractivity contribution in [2.75, 3.05) is 6.54 Å². The van der Waals surface area contributed by atoms with E-state index in [2.05, 4.69) is 26.0 Å². The monoisotopic (exact) mass is 661 g/mol. The zero-order valence-electron chi connectivity index (χ0n) is 25.3. The van der Waals surface area contributed by atoms with Crippen molar-refractivity contribution >= 4 is 47.1 Å². The number of halogens is 2. The van der Waals surface area contributed by atoms with E-state index >= 15 is 0 Å². The van der Waals surface area contributed by atoms with E-state index in [9.17, 15) is 24.3 Å². The molecule has 2 aliphatic heterocycles. The van der Waals surface area contributed by atoms with Gasteiger partial charge in [0.15, 0.2) is 0 Å². The van der Waals surface area contributed by atoms with Gasteiger partial charge in [-0.25, -0.2) is 9.59 Å². The first kappa shape index (κ1) is 32.7. The van der Waals surface area contributed by atoms with Crippen LogP contribution in [0.5, 0.6) is 0 Å². The molecule has 45 heavy (non-hydrogen) atoms. The third-order valence-electron chi connectivity index (χ3n) is 8.26. The highest BCUT2D eigenvalue weighted by Crippen LogP contribution is 2.45. The van der Waals surface area contributed by atoms with Crippen LogP contribution in [0.25, 0.3) is 11.4 Å². The van der Waals surface area contributed by atoms with Crippen molar-refractivity contribution < 1.29 is 29.0 Å². The number of carbonyl (C=O) groups is 4. The molecule has 2 fully saturated rings. The second-order valence-electron chi connectivity index (χ2n) is 12.8. The molecule has 5 atom stereocenters. The molecule has 3 heterocycles. The lowest BCUT2D eigenvalue weighted by molar-refractivity contribution is -0.145. The number of rotatable bonds is 4. The van der Waals surface area contributed by atoms with Crippen LogP contribution in [-0.2, 0) is 19.1 Å². The SMILES string of the molecule is CC(C)(C)OC(=O)N[C@H]1CCCCC/C=C\[C@@H]2C[C@@]2(C(=O)O)NC(=O)[C@@H]2C[C@@H](n3nnc(-c4ccc(Cl)cc4Cl)n3)CN2C1=O. The van der Waals surface area contributed by atoms with Crippen LogP contribution >= 0.6 is 23.2 Å². The Labute approximate surface area is 270 Å². The molecule has 3 aliphatic rings. The molecular formula is C30H37Cl2N7O6. The number of carboxylic acid groups (broad SMARTS) is 1. The fourth-order valence-electron chi connectivity index (χ4n) is 5.85. The number of hydrogen-bond donors (Lipinski definition) is 3. The summed E-state index contributed by atoms with van der Waals surface area (Å²) in [6, 6.07) is 2.28. The number of aromatic nitrogens is 4. The molecule has 1 saturated carbocycles. The Morgan fingerprint density at radius 1 is 1.18 bits per heavy atom. The van der Waals surface area contributed by atoms with Crippen LogP contribution in [0.15, 0.2) is 30.4 Å². The third kappa shape index (κ3) is 7.41. The number of allylic oxidation sites excluding steroid dienone is 1. The molecule has 13 nitrogen and oxygen atoms in total. The van der Waals surface area contributed by atoms with E-state index in [1.807, 2.05) is 12.2 Å². The molecule has 242 valence electrons. The number of aliphatic carboxylic acids is 1. The minimum absolute atomic E-state index is 0.0248. The standard InChI is InChI=1S/C30H37Cl2N7O6/c1-29(2,3)45-28(44)33-22-10-8-6-4-5-7-9-17-15-30(17,27(42)43)34-25(40)23-14-19(16-38(23)26(22)41)39-36-24(35-37-39)20-12-11-18(31)13-21(20)32/h7,9,11-13,17,19,22-23H,4-6,8,10,14-16H2,1-3H3,(H,33,44)(H,34,40)(H,42,43)/b9-7-/t17-,19-,22+,23+,30-/m1/s1. The highest BCUT2D eigenvalue weighted by Gasteiger charge is 2.61. The van der Waals surface area contributed by atoms with Gasteiger partial charge >= 0.3 is 12.1 Å². The zero-order chi connectivity index (χ0) is 32.5. The van der Waals surface area contributed by atoms with Gasteiger partial charge in [-0.05, 0) is 69.9 Å². The number of nitrogens with one attached hydrogen (secondary N) is 2. The van der Waals surface area contributed by atoms with E-state index in [0.29, 0.717) is 28.5 Å². The fourth-order valence-corrected chi connectivity index (χ4v) is 6.35. The smallest absolute Gasteiger partial charge is 0.408 e. The Kier molecular flexibility index (Phi) is 9.41. The van der Waals surface area contributed by atoms with Crippen LogP contribution in [0, 0.1) is 5.92 Å². The van der Waals surface area contributed by atoms with Gasteiger partial charge < -0.3 is 25.4 Å². The van der Waals surface area contributed by atoms with Crippen LogP contribution in [0.2, 0.25) is 10.0 Å². The molecule has 1 aromatic carbocycles. The lowest BCUT2D eigenvalue weighted by atomic mass is 10.0. The van der Waals surface area contributed by atoms with Crippen molar-refractivity contribution in [3.8, 4) is 11.4 Å². The maximum Gasteiger partial charge on any atom is 0.408 e. The van der Waals surface area contributed by atoms with Crippen LogP contribution in [0.4, 0.5) is 4.79 Å². The number of ether oxygens (including phenoxy) is 1. The predicted octanol–water partition coefficient (Wildman–Crippen LogP) is 4.16. The molecule has 15 heteroatoms. The highest BCUT2D eigenvalue weighted by atomic mass is 35.5. The molecule has 1 saturated heterocycles. The summed E-state index contributed by atoms with van der Waals surface area (Å²) in [6.07, 6.45) is 6.74. The lowest BCUT2D eigenvalue weighted by Crippen LogP contribution is -2.56. The maximum atomic E-state index is 14.1. The minimum atomic E-state index is -1.45. The van der Waals surface area contributed by atoms with Gasteiger partial charge in [-0.1, -0.05) is 48.2 Å². The maximum absolute atomic E-state index is 14.1. The fraction of sp³-hybridized carbons (Fsp3) is 0.567. The van der Waals surface area contributed by atoms with E-state index in [-0.39, 0.29) is 31.1 Å². The van der Waals surface area contributed by atoms with Crippen molar-refractivity contribution in [1.29, 1.82) is 0 Å². The van der Waals surface area contributed by atoms with Crippen molar-refractivity contribution in [3.05, 3.63) is 40.4 Å². The number of amides is 3. The molecule has 0 bridgehead atoms. The number of tetrazole rings is 1. The average Bonchev–Trinajstić information content (AvgIpc) is 3.26. The highest BCUT2D eigenvalue weighted by molar-refractivity contribution is 6.36. The molecule has 0 unspecified atom stereocenters. The average molecular weight is 663 g/mol. The summed E-state index contributed by atoms with van der Waals surface area (Å²) in [5.41, 5.74) is -1.72. The molecule has 3 amide bonds. The second kappa shape index (κ2) is 13.0. The number of alkyl carbamates (subject to hydrolysis) is 1. The molecule has 1 aromatic heterocycles. The molecule has 2 aromatic rings. The van der Waals surface area contributed by atoms with Crippen LogP contribution < -0.4 is 10.6 Å². The topological polar surface area (TPSA) is 169 Å². The van der Waals surface area contributed by atoms with E-state index in [0.717, 1.165) is 19.3 Å². The number of carboxylic acids is 1. The first-order chi connectivity index (χ1) is 21.3. The van der Waals surface area contributed by atoms with E-state index < -0.39 is 53.1 Å². The predicted molar refractivity (Wildman–Crippen MR) is 164 cm³/mol. The van der Waals surface area contributed by atoms with Crippen LogP contribution in [0.3, 0.4) is 0 Å². The quantitative estimate of drug-likeness (QED) is 0.407. The van der Waals surface area contributed by atoms with Crippen molar-refractivity contribution in [2.45, 2.75) is 95.0 Å². The Bertz CT molecular complexity index is 1510. The number of benzene rings is 1. The van der Waals surface area contributed by atoms with Crippen molar-refractivity contribution in [1.82, 2.24) is 35.7 Å². The van der Waals surface area contributed by atoms with Crippen molar-refractivity contribution in [3.63, 3.8) is 0 Å². The first-order valence-corrected chi connectivity index (χ1v) is 15.8. The van der Waals surface area contributed by atoms with Gasteiger partial charge in [0.05, 0.1) is 11.1 Å². The minimum Gasteiger partial charge on any atom is -0.479 e. The summed E-state index contributed by atoms with van der Waals surface area (Å²) >= 11 is 12.4. The summed E-state index contributed by atoms with van der Waals surface area (Å²) < 4.78 is 5.43. The number of hydrogen-bond acceptors (Lipinski definition) is 8. The molecule has 0 radical (unpaired) electrons. The van der Waals surface area contributed by atoms with E-state index in [4.69, 9.17) is 27.9 Å². The number of nitrogens with zero attached hydrogens (tertiary/aromatic N) is 5. The molecular weight excluding hydrogens is 625 g/mol. The summed E-state index contributed by atoms with van der Waals surface area (Å²) in [7, 11) is 0. The third-order valence-corrected chi connectivity index (χ3v) is 8.80. The Morgan fingerprint density at radius 3 is 2.67 bits per heavy atom. The van der Waals surface area contributed by atoms with Gasteiger partial charge in [0.1, 0.15) is 23.2 Å². The summed E-state index contributed by atoms with van der Waals surface area (Å²) in [6.45, 7) is 5.20. The summed E-state index contributed by atoms with van der Waals surface area (Å²) in [4.78, 5) is 55.8. The van der Waals surface area contributed by atoms with Gasteiger partial charge in [-0.15, -0.1) is 10.2 Å². The Balaban J connectivity index is 1.45. The normalized spacial score (nSPS) is 28.2. The number of carbonyl (C=O) groups excluding carboxylic acids is 3. The van der Waals surface area contributed by atoms with E-state index in [1.54, 1.807) is 39.0 Å². The first-order valence-electron chi connectivity index (χ1n) is 15.0. The molecule has 3 N–H and O–H groups in total. The van der Waals surface area contributed by atoms with Gasteiger partial charge in [-0.2, -0.15) is 4.80 Å². The molecule has 1 aliphatic carbocycles. The van der Waals surface area contributed by atoms with Crippen molar-refractivity contribution in [2.24, 2.45) is 5.92 Å². The van der Waals surface area contributed by atoms with Crippen LogP contribution in [-0.4, -0.2) is 83.9 Å². The zero-order valence-corrected chi connectivity index (χ0v) is 26.8. The number of fused-ring (bicyclic) bond motifs is 2. The van der Waals surface area contributed by atoms with Crippen LogP contribution in [0.1, 0.15) is 71.8 Å². The Hall–Kier alpha value is -3.71. The molecule has 5 rings (SSSR count). The Morgan fingerprint density at radius 2 is 1.96 bits per heavy atom. The van der Waals surface area contributed by atoms with Gasteiger partial charge in [0, 0.05) is 29.5 Å². The molecule has 0 spiro atoms. The summed E-state index contributed by atoms with van der Waals surface area (Å²) in [5, 5.41) is 29.1. The lowest BCUT2D eigenvalue weighted by Gasteiger charge is -2.30. The van der Waals surface area contributed by atoms with Gasteiger partial charge in [0.2, 0.25) is 17.6 Å². The summed E-state index contributed by atoms with van der Waals surface area (Å²) in [5.74, 6) is -2.32.